The summed E-state index contributed by atoms with van der Waals surface area (Å²) in [7, 11) is 0. The molecule has 1 amide bonds. The molecule has 0 aliphatic rings. The highest BCUT2D eigenvalue weighted by atomic mass is 16.2. The Morgan fingerprint density at radius 1 is 1.50 bits per heavy atom. The first-order valence-corrected chi connectivity index (χ1v) is 3.03. The minimum atomic E-state index is -0.440. The van der Waals surface area contributed by atoms with Crippen LogP contribution in [0.3, 0.4) is 0 Å². The summed E-state index contributed by atoms with van der Waals surface area (Å²) in [4.78, 5) is 11.0. The zero-order valence-electron chi connectivity index (χ0n) is 6.56. The predicted molar refractivity (Wildman–Crippen MR) is 38.7 cm³/mol. The number of hydrogen-bond acceptors (Lipinski definition) is 1. The molecule has 0 unspecified atom stereocenters. The van der Waals surface area contributed by atoms with Crippen LogP contribution in [0.5, 0.6) is 0 Å². The van der Waals surface area contributed by atoms with E-state index >= 15 is 0 Å². The van der Waals surface area contributed by atoms with E-state index in [1.165, 1.54) is 0 Å². The van der Waals surface area contributed by atoms with Crippen molar-refractivity contribution in [2.75, 3.05) is 0 Å². The number of carbonyl (C=O) groups is 1. The van der Waals surface area contributed by atoms with Gasteiger partial charge in [0.25, 0.3) is 5.91 Å². The largest absolute Gasteiger partial charge is 0.346 e. The third-order valence-electron chi connectivity index (χ3n) is 0.939. The second kappa shape index (κ2) is 2.68. The van der Waals surface area contributed by atoms with Gasteiger partial charge in [-0.05, 0) is 20.8 Å². The highest BCUT2D eigenvalue weighted by Crippen LogP contribution is 2.11. The van der Waals surface area contributed by atoms with E-state index in [1.807, 2.05) is 0 Å². The summed E-state index contributed by atoms with van der Waals surface area (Å²) in [5.41, 5.74) is 4.61. The van der Waals surface area contributed by atoms with Crippen molar-refractivity contribution in [2.24, 2.45) is 11.1 Å². The third-order valence-corrected chi connectivity index (χ3v) is 0.939. The van der Waals surface area contributed by atoms with E-state index in [2.05, 4.69) is 5.32 Å². The number of carbonyl (C=O) groups excluding carboxylic acids is 1. The van der Waals surface area contributed by atoms with Crippen molar-refractivity contribution in [2.45, 2.75) is 20.8 Å². The van der Waals surface area contributed by atoms with Gasteiger partial charge in [-0.2, -0.15) is 0 Å². The normalized spacial score (nSPS) is 10.7. The van der Waals surface area contributed by atoms with Crippen molar-refractivity contribution < 1.29 is 10.2 Å². The second-order valence-corrected chi connectivity index (χ2v) is 3.16. The summed E-state index contributed by atoms with van der Waals surface area (Å²) in [5.74, 6) is -0.229. The van der Waals surface area contributed by atoms with Crippen molar-refractivity contribution >= 4 is 11.9 Å². The summed E-state index contributed by atoms with van der Waals surface area (Å²) in [6.45, 7) is 5.35. The number of guanidine groups is 1. The van der Waals surface area contributed by atoms with E-state index in [-0.39, 0.29) is 11.9 Å². The fraction of sp³-hybridized carbons (Fsp3) is 0.667. The Morgan fingerprint density at radius 3 is 2.00 bits per heavy atom. The standard InChI is InChI=1S/C6H13N3O/c1-6(2,3)4(10)9-5(7)8/h1-3H3,(H4,7,8,9,10)/p+1. The lowest BCUT2D eigenvalue weighted by atomic mass is 9.96. The summed E-state index contributed by atoms with van der Waals surface area (Å²) < 4.78 is 0. The molecule has 0 aliphatic carbocycles. The van der Waals surface area contributed by atoms with E-state index in [4.69, 9.17) is 11.1 Å². The highest BCUT2D eigenvalue weighted by molar-refractivity contribution is 5.95. The lowest BCUT2D eigenvalue weighted by molar-refractivity contribution is -0.134. The fourth-order valence-corrected chi connectivity index (χ4v) is 0.319. The number of nitrogens with one attached hydrogen (secondary N) is 1. The fourth-order valence-electron chi connectivity index (χ4n) is 0.319. The molecule has 0 aromatic heterocycles. The second-order valence-electron chi connectivity index (χ2n) is 3.16. The molecule has 58 valence electrons. The minimum Gasteiger partial charge on any atom is -0.291 e. The smallest absolute Gasteiger partial charge is 0.291 e. The molecule has 0 aromatic carbocycles. The summed E-state index contributed by atoms with van der Waals surface area (Å²) in [6.07, 6.45) is 0. The molecule has 0 aliphatic heterocycles. The molecule has 0 bridgehead atoms. The van der Waals surface area contributed by atoms with Gasteiger partial charge in [0, 0.05) is 0 Å². The van der Waals surface area contributed by atoms with Gasteiger partial charge in [-0.1, -0.05) is 0 Å². The van der Waals surface area contributed by atoms with Gasteiger partial charge >= 0.3 is 5.96 Å². The molecular weight excluding hydrogens is 130 g/mol. The highest BCUT2D eigenvalue weighted by Gasteiger charge is 2.24. The Kier molecular flexibility index (Phi) is 2.40. The number of nitrogens with two attached hydrogens (primary N) is 2. The Hall–Kier alpha value is -1.06. The van der Waals surface area contributed by atoms with Gasteiger partial charge in [-0.3, -0.25) is 15.9 Å². The van der Waals surface area contributed by atoms with Crippen molar-refractivity contribution in [3.05, 3.63) is 0 Å². The van der Waals surface area contributed by atoms with Gasteiger partial charge in [0.15, 0.2) is 0 Å². The Morgan fingerprint density at radius 2 is 1.90 bits per heavy atom. The lowest BCUT2D eigenvalue weighted by Crippen LogP contribution is -2.58. The first-order chi connectivity index (χ1) is 4.34. The van der Waals surface area contributed by atoms with Crippen LogP contribution in [0.4, 0.5) is 0 Å². The molecule has 0 heterocycles. The SMILES string of the molecule is CC(C)(C)C(=O)NC(N)=[NH2+]. The summed E-state index contributed by atoms with van der Waals surface area (Å²) in [5, 5.41) is 7.37. The van der Waals surface area contributed by atoms with Crippen LogP contribution in [0.1, 0.15) is 20.8 Å². The van der Waals surface area contributed by atoms with Gasteiger partial charge < -0.3 is 0 Å². The van der Waals surface area contributed by atoms with Gasteiger partial charge in [-0.25, -0.2) is 5.32 Å². The molecule has 0 rings (SSSR count). The molecular formula is C6H14N3O+. The third kappa shape index (κ3) is 3.06. The molecule has 4 heteroatoms. The summed E-state index contributed by atoms with van der Waals surface area (Å²) in [6, 6.07) is 0. The van der Waals surface area contributed by atoms with Crippen LogP contribution in [-0.4, -0.2) is 11.9 Å². The molecule has 0 radical (unpaired) electrons. The average molecular weight is 144 g/mol. The zero-order chi connectivity index (χ0) is 8.36. The van der Waals surface area contributed by atoms with Crippen LogP contribution in [0.2, 0.25) is 0 Å². The van der Waals surface area contributed by atoms with Gasteiger partial charge in [0.2, 0.25) is 0 Å². The van der Waals surface area contributed by atoms with Crippen molar-refractivity contribution in [3.63, 3.8) is 0 Å². The molecule has 4 nitrogen and oxygen atoms in total. The van der Waals surface area contributed by atoms with E-state index in [0.717, 1.165) is 0 Å². The maximum Gasteiger partial charge on any atom is 0.346 e. The van der Waals surface area contributed by atoms with Crippen molar-refractivity contribution in [3.8, 4) is 0 Å². The van der Waals surface area contributed by atoms with Crippen LogP contribution < -0.4 is 16.5 Å². The number of rotatable bonds is 0. The van der Waals surface area contributed by atoms with Gasteiger partial charge in [0.1, 0.15) is 0 Å². The molecule has 0 saturated heterocycles. The van der Waals surface area contributed by atoms with Crippen molar-refractivity contribution in [1.82, 2.24) is 5.32 Å². The minimum absolute atomic E-state index is 0.0556. The van der Waals surface area contributed by atoms with Gasteiger partial charge in [0.05, 0.1) is 5.41 Å². The van der Waals surface area contributed by atoms with E-state index in [9.17, 15) is 4.79 Å². The molecule has 0 atom stereocenters. The van der Waals surface area contributed by atoms with Crippen LogP contribution >= 0.6 is 0 Å². The Balaban J connectivity index is 3.99. The van der Waals surface area contributed by atoms with E-state index < -0.39 is 5.41 Å². The maximum absolute atomic E-state index is 11.0. The van der Waals surface area contributed by atoms with Crippen molar-refractivity contribution in [1.29, 1.82) is 0 Å². The van der Waals surface area contributed by atoms with E-state index in [1.54, 1.807) is 20.8 Å². The topological polar surface area (TPSA) is 80.7 Å². The first kappa shape index (κ1) is 8.94. The van der Waals surface area contributed by atoms with Crippen LogP contribution in [0, 0.1) is 5.41 Å². The van der Waals surface area contributed by atoms with E-state index in [0.29, 0.717) is 0 Å². The molecule has 0 fully saturated rings. The maximum atomic E-state index is 11.0. The molecule has 5 N–H and O–H groups in total. The molecule has 0 saturated carbocycles. The molecule has 0 aromatic rings. The molecule has 0 spiro atoms. The van der Waals surface area contributed by atoms with Crippen LogP contribution in [0.25, 0.3) is 0 Å². The van der Waals surface area contributed by atoms with Gasteiger partial charge in [-0.15, -0.1) is 0 Å². The lowest BCUT2D eigenvalue weighted by Gasteiger charge is -2.12. The Bertz CT molecular complexity index is 157. The predicted octanol–water partition coefficient (Wildman–Crippen LogP) is -1.78. The zero-order valence-corrected chi connectivity index (χ0v) is 6.56. The monoisotopic (exact) mass is 144 g/mol. The number of amides is 1. The Labute approximate surface area is 60.3 Å². The summed E-state index contributed by atoms with van der Waals surface area (Å²) >= 11 is 0. The van der Waals surface area contributed by atoms with Crippen LogP contribution in [-0.2, 0) is 4.79 Å². The number of hydrogen-bond donors (Lipinski definition) is 3. The quantitative estimate of drug-likeness (QED) is 0.277. The first-order valence-electron chi connectivity index (χ1n) is 3.03. The van der Waals surface area contributed by atoms with Crippen LogP contribution in [0.15, 0.2) is 0 Å². The molecule has 10 heavy (non-hydrogen) atoms. The average Bonchev–Trinajstić information content (AvgIpc) is 1.60.